The fraction of sp³-hybridized carbons (Fsp3) is 0.333. The van der Waals surface area contributed by atoms with Crippen LogP contribution in [0.2, 0.25) is 0 Å². The van der Waals surface area contributed by atoms with E-state index in [0.29, 0.717) is 11.3 Å². The first kappa shape index (κ1) is 11.0. The number of nitrogen functional groups attached to an aromatic ring is 1. The van der Waals surface area contributed by atoms with Gasteiger partial charge in [0.1, 0.15) is 6.67 Å². The SMILES string of the molecule is Cc1c(N)cccc1S(=O)(=O)CCF. The molecule has 0 aliphatic heterocycles. The summed E-state index contributed by atoms with van der Waals surface area (Å²) in [6.07, 6.45) is 0. The minimum Gasteiger partial charge on any atom is -0.398 e. The summed E-state index contributed by atoms with van der Waals surface area (Å²) in [6, 6.07) is 4.61. The molecule has 1 aromatic rings. The molecule has 0 spiro atoms. The maximum absolute atomic E-state index is 12.0. The van der Waals surface area contributed by atoms with Crippen molar-refractivity contribution in [1.82, 2.24) is 0 Å². The van der Waals surface area contributed by atoms with Gasteiger partial charge in [-0.15, -0.1) is 0 Å². The summed E-state index contributed by atoms with van der Waals surface area (Å²) < 4.78 is 35.0. The molecule has 0 amide bonds. The summed E-state index contributed by atoms with van der Waals surface area (Å²) in [5.41, 5.74) is 6.45. The van der Waals surface area contributed by atoms with Crippen molar-refractivity contribution in [3.63, 3.8) is 0 Å². The van der Waals surface area contributed by atoms with Crippen LogP contribution in [0.1, 0.15) is 5.56 Å². The first-order valence-corrected chi connectivity index (χ1v) is 5.78. The van der Waals surface area contributed by atoms with Crippen molar-refractivity contribution in [1.29, 1.82) is 0 Å². The first-order chi connectivity index (χ1) is 6.49. The van der Waals surface area contributed by atoms with Gasteiger partial charge >= 0.3 is 0 Å². The number of hydrogen-bond donors (Lipinski definition) is 1. The Bertz CT molecular complexity index is 428. The molecule has 0 saturated carbocycles. The van der Waals surface area contributed by atoms with Crippen molar-refractivity contribution in [3.05, 3.63) is 23.8 Å². The van der Waals surface area contributed by atoms with E-state index in [0.717, 1.165) is 0 Å². The van der Waals surface area contributed by atoms with Gasteiger partial charge < -0.3 is 5.73 Å². The van der Waals surface area contributed by atoms with E-state index in [1.807, 2.05) is 0 Å². The highest BCUT2D eigenvalue weighted by molar-refractivity contribution is 7.91. The lowest BCUT2D eigenvalue weighted by molar-refractivity contribution is 0.517. The van der Waals surface area contributed by atoms with E-state index in [1.54, 1.807) is 19.1 Å². The Kier molecular flexibility index (Phi) is 3.10. The number of hydrogen-bond acceptors (Lipinski definition) is 3. The number of anilines is 1. The Morgan fingerprint density at radius 2 is 2.07 bits per heavy atom. The van der Waals surface area contributed by atoms with Crippen LogP contribution in [0.25, 0.3) is 0 Å². The highest BCUT2D eigenvalue weighted by Gasteiger charge is 2.17. The van der Waals surface area contributed by atoms with Crippen LogP contribution >= 0.6 is 0 Å². The molecule has 0 saturated heterocycles. The molecule has 1 rings (SSSR count). The van der Waals surface area contributed by atoms with E-state index in [9.17, 15) is 12.8 Å². The summed E-state index contributed by atoms with van der Waals surface area (Å²) in [7, 11) is -3.52. The molecule has 1 aromatic carbocycles. The standard InChI is InChI=1S/C9H12FNO2S/c1-7-8(11)3-2-4-9(7)14(12,13)6-5-10/h2-4H,5-6,11H2,1H3. The minimum absolute atomic E-state index is 0.121. The van der Waals surface area contributed by atoms with Gasteiger partial charge in [0.25, 0.3) is 0 Å². The Balaban J connectivity index is 3.27. The van der Waals surface area contributed by atoms with Gasteiger partial charge in [-0.2, -0.15) is 0 Å². The molecular weight excluding hydrogens is 205 g/mol. The van der Waals surface area contributed by atoms with Gasteiger partial charge in [0.15, 0.2) is 9.84 Å². The van der Waals surface area contributed by atoms with Crippen molar-refractivity contribution in [3.8, 4) is 0 Å². The number of rotatable bonds is 3. The average Bonchev–Trinajstić information content (AvgIpc) is 2.09. The lowest BCUT2D eigenvalue weighted by atomic mass is 10.2. The summed E-state index contributed by atoms with van der Waals surface area (Å²) in [5, 5.41) is 0. The fourth-order valence-corrected chi connectivity index (χ4v) is 2.47. The average molecular weight is 217 g/mol. The van der Waals surface area contributed by atoms with E-state index in [-0.39, 0.29) is 4.90 Å². The molecule has 0 unspecified atom stereocenters. The monoisotopic (exact) mass is 217 g/mol. The van der Waals surface area contributed by atoms with Gasteiger partial charge in [-0.3, -0.25) is 0 Å². The van der Waals surface area contributed by atoms with Gasteiger partial charge in [-0.25, -0.2) is 12.8 Å². The number of nitrogens with two attached hydrogens (primary N) is 1. The third-order valence-electron chi connectivity index (χ3n) is 2.01. The molecule has 0 atom stereocenters. The van der Waals surface area contributed by atoms with Crippen LogP contribution in [-0.4, -0.2) is 20.8 Å². The molecule has 0 heterocycles. The molecule has 0 fully saturated rings. The Hall–Kier alpha value is -1.10. The largest absolute Gasteiger partial charge is 0.398 e. The molecule has 14 heavy (non-hydrogen) atoms. The predicted octanol–water partition coefficient (Wildman–Crippen LogP) is 1.32. The van der Waals surface area contributed by atoms with Crippen LogP contribution in [0.3, 0.4) is 0 Å². The minimum atomic E-state index is -3.52. The molecule has 0 bridgehead atoms. The normalized spacial score (nSPS) is 11.6. The van der Waals surface area contributed by atoms with Crippen molar-refractivity contribution in [2.45, 2.75) is 11.8 Å². The lowest BCUT2D eigenvalue weighted by Gasteiger charge is -2.07. The van der Waals surface area contributed by atoms with E-state index in [4.69, 9.17) is 5.73 Å². The van der Waals surface area contributed by atoms with Crippen molar-refractivity contribution >= 4 is 15.5 Å². The quantitative estimate of drug-likeness (QED) is 0.777. The number of alkyl halides is 1. The molecule has 0 radical (unpaired) electrons. The second-order valence-electron chi connectivity index (χ2n) is 2.98. The van der Waals surface area contributed by atoms with E-state index >= 15 is 0 Å². The summed E-state index contributed by atoms with van der Waals surface area (Å²) in [5.74, 6) is -0.489. The maximum Gasteiger partial charge on any atom is 0.181 e. The predicted molar refractivity (Wildman–Crippen MR) is 53.6 cm³/mol. The van der Waals surface area contributed by atoms with E-state index in [2.05, 4.69) is 0 Å². The zero-order valence-corrected chi connectivity index (χ0v) is 8.64. The number of sulfone groups is 1. The van der Waals surface area contributed by atoms with Gasteiger partial charge in [0.05, 0.1) is 10.6 Å². The lowest BCUT2D eigenvalue weighted by Crippen LogP contribution is -2.10. The highest BCUT2D eigenvalue weighted by atomic mass is 32.2. The second kappa shape index (κ2) is 3.96. The number of benzene rings is 1. The Labute approximate surface area is 82.7 Å². The van der Waals surface area contributed by atoms with E-state index < -0.39 is 22.3 Å². The molecule has 0 aliphatic carbocycles. The van der Waals surface area contributed by atoms with E-state index in [1.165, 1.54) is 6.07 Å². The molecule has 2 N–H and O–H groups in total. The highest BCUT2D eigenvalue weighted by Crippen LogP contribution is 2.21. The van der Waals surface area contributed by atoms with Crippen LogP contribution in [0.5, 0.6) is 0 Å². The molecule has 5 heteroatoms. The summed E-state index contributed by atoms with van der Waals surface area (Å²) in [4.78, 5) is 0.121. The Morgan fingerprint density at radius 1 is 1.43 bits per heavy atom. The van der Waals surface area contributed by atoms with Crippen LogP contribution in [0.4, 0.5) is 10.1 Å². The van der Waals surface area contributed by atoms with Crippen LogP contribution in [0, 0.1) is 6.92 Å². The van der Waals surface area contributed by atoms with Crippen molar-refractivity contribution in [2.75, 3.05) is 18.2 Å². The van der Waals surface area contributed by atoms with Crippen molar-refractivity contribution in [2.24, 2.45) is 0 Å². The van der Waals surface area contributed by atoms with Crippen LogP contribution in [-0.2, 0) is 9.84 Å². The van der Waals surface area contributed by atoms with Gasteiger partial charge in [0, 0.05) is 5.69 Å². The molecule has 0 aliphatic rings. The van der Waals surface area contributed by atoms with Gasteiger partial charge in [-0.05, 0) is 24.6 Å². The zero-order valence-electron chi connectivity index (χ0n) is 7.83. The number of halogens is 1. The summed E-state index contributed by atoms with van der Waals surface area (Å²) in [6.45, 7) is 0.733. The van der Waals surface area contributed by atoms with Crippen LogP contribution in [0.15, 0.2) is 23.1 Å². The van der Waals surface area contributed by atoms with Crippen LogP contribution < -0.4 is 5.73 Å². The molecule has 78 valence electrons. The topological polar surface area (TPSA) is 60.2 Å². The third-order valence-corrected chi connectivity index (χ3v) is 3.81. The fourth-order valence-electron chi connectivity index (χ4n) is 1.18. The molecular formula is C9H12FNO2S. The zero-order chi connectivity index (χ0) is 10.8. The maximum atomic E-state index is 12.0. The third kappa shape index (κ3) is 2.04. The van der Waals surface area contributed by atoms with Gasteiger partial charge in [0.2, 0.25) is 0 Å². The Morgan fingerprint density at radius 3 is 2.64 bits per heavy atom. The smallest absolute Gasteiger partial charge is 0.181 e. The summed E-state index contributed by atoms with van der Waals surface area (Å²) >= 11 is 0. The second-order valence-corrected chi connectivity index (χ2v) is 5.06. The first-order valence-electron chi connectivity index (χ1n) is 4.13. The molecule has 0 aromatic heterocycles. The molecule has 3 nitrogen and oxygen atoms in total. The van der Waals surface area contributed by atoms with Crippen molar-refractivity contribution < 1.29 is 12.8 Å². The van der Waals surface area contributed by atoms with Gasteiger partial charge in [-0.1, -0.05) is 6.07 Å².